The number of carboxylic acids is 1. The van der Waals surface area contributed by atoms with E-state index < -0.39 is 11.9 Å². The van der Waals surface area contributed by atoms with Crippen molar-refractivity contribution in [2.75, 3.05) is 13.1 Å². The maximum Gasteiger partial charge on any atom is 0.308 e. The molecule has 1 aliphatic carbocycles. The number of rotatable bonds is 4. The van der Waals surface area contributed by atoms with E-state index in [1.54, 1.807) is 13.8 Å². The van der Waals surface area contributed by atoms with Gasteiger partial charge in [-0.05, 0) is 51.6 Å². The summed E-state index contributed by atoms with van der Waals surface area (Å²) in [6.07, 6.45) is 3.09. The number of aliphatic carboxylic acids is 1. The average Bonchev–Trinajstić information content (AvgIpc) is 3.02. The first kappa shape index (κ1) is 13.3. The fraction of sp³-hybridized carbons (Fsp3) is 0.846. The van der Waals surface area contributed by atoms with Gasteiger partial charge in [-0.25, -0.2) is 0 Å². The minimum Gasteiger partial charge on any atom is -0.481 e. The SMILES string of the molecule is CC(NC(=O)C1CC12CCNCC2)C(C)C(=O)O. The van der Waals surface area contributed by atoms with Gasteiger partial charge in [-0.2, -0.15) is 0 Å². The monoisotopic (exact) mass is 254 g/mol. The van der Waals surface area contributed by atoms with Crippen molar-refractivity contribution in [2.45, 2.75) is 39.2 Å². The molecule has 3 N–H and O–H groups in total. The van der Waals surface area contributed by atoms with Crippen LogP contribution in [-0.4, -0.2) is 36.1 Å². The summed E-state index contributed by atoms with van der Waals surface area (Å²) in [5.41, 5.74) is 0.210. The molecule has 102 valence electrons. The lowest BCUT2D eigenvalue weighted by Crippen LogP contribution is -2.42. The summed E-state index contributed by atoms with van der Waals surface area (Å²) >= 11 is 0. The summed E-state index contributed by atoms with van der Waals surface area (Å²) in [6.45, 7) is 5.37. The Morgan fingerprint density at radius 1 is 1.33 bits per heavy atom. The average molecular weight is 254 g/mol. The Labute approximate surface area is 107 Å². The summed E-state index contributed by atoms with van der Waals surface area (Å²) in [5, 5.41) is 15.1. The molecule has 0 aromatic carbocycles. The molecule has 1 heterocycles. The highest BCUT2D eigenvalue weighted by molar-refractivity contribution is 5.83. The van der Waals surface area contributed by atoms with Gasteiger partial charge in [0.05, 0.1) is 5.92 Å². The highest BCUT2D eigenvalue weighted by Gasteiger charge is 2.57. The molecule has 3 unspecified atom stereocenters. The van der Waals surface area contributed by atoms with Crippen LogP contribution in [0.2, 0.25) is 0 Å². The quantitative estimate of drug-likeness (QED) is 0.686. The van der Waals surface area contributed by atoms with Crippen LogP contribution in [0.1, 0.15) is 33.1 Å². The second-order valence-electron chi connectivity index (χ2n) is 5.79. The van der Waals surface area contributed by atoms with Gasteiger partial charge < -0.3 is 15.7 Å². The first-order valence-corrected chi connectivity index (χ1v) is 6.70. The predicted molar refractivity (Wildman–Crippen MR) is 67.0 cm³/mol. The van der Waals surface area contributed by atoms with Gasteiger partial charge in [0.25, 0.3) is 0 Å². The van der Waals surface area contributed by atoms with Crippen molar-refractivity contribution in [3.05, 3.63) is 0 Å². The first-order chi connectivity index (χ1) is 8.46. The minimum atomic E-state index is -0.866. The molecule has 3 atom stereocenters. The maximum atomic E-state index is 12.1. The highest BCUT2D eigenvalue weighted by Crippen LogP contribution is 2.58. The molecule has 0 bridgehead atoms. The molecule has 2 fully saturated rings. The number of nitrogens with one attached hydrogen (secondary N) is 2. The molecule has 5 heteroatoms. The zero-order valence-electron chi connectivity index (χ0n) is 11.0. The smallest absolute Gasteiger partial charge is 0.308 e. The van der Waals surface area contributed by atoms with Gasteiger partial charge in [-0.1, -0.05) is 0 Å². The number of carbonyl (C=O) groups is 2. The van der Waals surface area contributed by atoms with E-state index in [-0.39, 0.29) is 23.3 Å². The van der Waals surface area contributed by atoms with Crippen LogP contribution in [0.4, 0.5) is 0 Å². The second kappa shape index (κ2) is 4.88. The van der Waals surface area contributed by atoms with Crippen molar-refractivity contribution >= 4 is 11.9 Å². The molecule has 5 nitrogen and oxygen atoms in total. The number of hydrogen-bond acceptors (Lipinski definition) is 3. The number of hydrogen-bond donors (Lipinski definition) is 3. The lowest BCUT2D eigenvalue weighted by molar-refractivity contribution is -0.142. The van der Waals surface area contributed by atoms with Crippen LogP contribution in [0, 0.1) is 17.3 Å². The molecule has 1 spiro atoms. The zero-order chi connectivity index (χ0) is 13.3. The van der Waals surface area contributed by atoms with E-state index >= 15 is 0 Å². The van der Waals surface area contributed by atoms with Crippen molar-refractivity contribution in [3.8, 4) is 0 Å². The number of carboxylic acid groups (broad SMARTS) is 1. The highest BCUT2D eigenvalue weighted by atomic mass is 16.4. The number of piperidine rings is 1. The van der Waals surface area contributed by atoms with Crippen molar-refractivity contribution in [3.63, 3.8) is 0 Å². The molecular weight excluding hydrogens is 232 g/mol. The Morgan fingerprint density at radius 3 is 2.50 bits per heavy atom. The van der Waals surface area contributed by atoms with Gasteiger partial charge in [0.15, 0.2) is 0 Å². The standard InChI is InChI=1S/C13H22N2O3/c1-8(12(17)18)9(2)15-11(16)10-7-13(10)3-5-14-6-4-13/h8-10,14H,3-7H2,1-2H3,(H,15,16)(H,17,18). The maximum absolute atomic E-state index is 12.1. The predicted octanol–water partition coefficient (Wildman–Crippen LogP) is 0.602. The third-order valence-corrected chi connectivity index (χ3v) is 4.62. The second-order valence-corrected chi connectivity index (χ2v) is 5.79. The van der Waals surface area contributed by atoms with Crippen LogP contribution in [-0.2, 0) is 9.59 Å². The van der Waals surface area contributed by atoms with Gasteiger partial charge in [0.1, 0.15) is 0 Å². The van der Waals surface area contributed by atoms with E-state index in [1.165, 1.54) is 0 Å². The van der Waals surface area contributed by atoms with Gasteiger partial charge in [0, 0.05) is 12.0 Å². The Hall–Kier alpha value is -1.10. The molecule has 0 radical (unpaired) electrons. The van der Waals surface area contributed by atoms with Crippen molar-refractivity contribution in [1.82, 2.24) is 10.6 Å². The fourth-order valence-electron chi connectivity index (χ4n) is 2.86. The Bertz CT molecular complexity index is 350. The van der Waals surface area contributed by atoms with Crippen LogP contribution in [0.3, 0.4) is 0 Å². The molecule has 18 heavy (non-hydrogen) atoms. The van der Waals surface area contributed by atoms with Gasteiger partial charge in [-0.3, -0.25) is 9.59 Å². The van der Waals surface area contributed by atoms with E-state index in [4.69, 9.17) is 5.11 Å². The molecular formula is C13H22N2O3. The van der Waals surface area contributed by atoms with Crippen molar-refractivity contribution in [1.29, 1.82) is 0 Å². The van der Waals surface area contributed by atoms with Crippen LogP contribution in [0.25, 0.3) is 0 Å². The summed E-state index contributed by atoms with van der Waals surface area (Å²) in [5.74, 6) is -1.27. The minimum absolute atomic E-state index is 0.0394. The molecule has 0 aromatic heterocycles. The summed E-state index contributed by atoms with van der Waals surface area (Å²) in [6, 6.07) is -0.311. The van der Waals surface area contributed by atoms with Crippen molar-refractivity contribution < 1.29 is 14.7 Å². The van der Waals surface area contributed by atoms with Crippen LogP contribution >= 0.6 is 0 Å². The lowest BCUT2D eigenvalue weighted by atomic mass is 9.91. The molecule has 2 aliphatic rings. The van der Waals surface area contributed by atoms with Gasteiger partial charge >= 0.3 is 5.97 Å². The van der Waals surface area contributed by atoms with Crippen LogP contribution in [0.5, 0.6) is 0 Å². The van der Waals surface area contributed by atoms with E-state index in [0.717, 1.165) is 32.4 Å². The molecule has 1 aliphatic heterocycles. The van der Waals surface area contributed by atoms with Crippen LogP contribution in [0.15, 0.2) is 0 Å². The molecule has 2 rings (SSSR count). The summed E-state index contributed by atoms with van der Waals surface area (Å²) < 4.78 is 0. The van der Waals surface area contributed by atoms with Crippen molar-refractivity contribution in [2.24, 2.45) is 17.3 Å². The largest absolute Gasteiger partial charge is 0.481 e. The molecule has 1 amide bonds. The molecule has 0 aromatic rings. The normalized spacial score (nSPS) is 28.4. The third-order valence-electron chi connectivity index (χ3n) is 4.62. The zero-order valence-corrected chi connectivity index (χ0v) is 11.0. The van der Waals surface area contributed by atoms with E-state index in [2.05, 4.69) is 10.6 Å². The number of carbonyl (C=O) groups excluding carboxylic acids is 1. The van der Waals surface area contributed by atoms with E-state index in [9.17, 15) is 9.59 Å². The fourth-order valence-corrected chi connectivity index (χ4v) is 2.86. The number of amides is 1. The van der Waals surface area contributed by atoms with E-state index in [0.29, 0.717) is 0 Å². The van der Waals surface area contributed by atoms with E-state index in [1.807, 2.05) is 0 Å². The molecule has 1 saturated heterocycles. The van der Waals surface area contributed by atoms with Gasteiger partial charge in [0.2, 0.25) is 5.91 Å². The Morgan fingerprint density at radius 2 is 1.94 bits per heavy atom. The van der Waals surface area contributed by atoms with Crippen LogP contribution < -0.4 is 10.6 Å². The summed E-state index contributed by atoms with van der Waals surface area (Å²) in [7, 11) is 0. The topological polar surface area (TPSA) is 78.4 Å². The van der Waals surface area contributed by atoms with Gasteiger partial charge in [-0.15, -0.1) is 0 Å². The summed E-state index contributed by atoms with van der Waals surface area (Å²) in [4.78, 5) is 22.9. The Balaban J connectivity index is 1.85. The lowest BCUT2D eigenvalue weighted by Gasteiger charge is -2.24. The Kier molecular flexibility index (Phi) is 3.61. The first-order valence-electron chi connectivity index (χ1n) is 6.70. The third kappa shape index (κ3) is 2.51. The molecule has 1 saturated carbocycles.